The molecule has 2 aromatic heterocycles. The second kappa shape index (κ2) is 12.8. The van der Waals surface area contributed by atoms with E-state index in [0.29, 0.717) is 63.6 Å². The van der Waals surface area contributed by atoms with Gasteiger partial charge in [-0.3, -0.25) is 9.59 Å². The van der Waals surface area contributed by atoms with Crippen molar-refractivity contribution in [1.82, 2.24) is 9.97 Å². The molecule has 0 spiro atoms. The summed E-state index contributed by atoms with van der Waals surface area (Å²) in [5, 5.41) is 7.06. The number of benzene rings is 3. The second-order valence-electron chi connectivity index (χ2n) is 11.1. The lowest BCUT2D eigenvalue weighted by molar-refractivity contribution is 0.101. The van der Waals surface area contributed by atoms with Gasteiger partial charge in [-0.15, -0.1) is 0 Å². The molecule has 0 aliphatic heterocycles. The van der Waals surface area contributed by atoms with Crippen molar-refractivity contribution in [2.75, 3.05) is 29.6 Å². The van der Waals surface area contributed by atoms with Crippen molar-refractivity contribution in [3.05, 3.63) is 90.3 Å². The number of nitrogens with one attached hydrogen (secondary N) is 2. The zero-order valence-electron chi connectivity index (χ0n) is 24.7. The van der Waals surface area contributed by atoms with Gasteiger partial charge < -0.3 is 25.8 Å². The fourth-order valence-corrected chi connectivity index (χ4v) is 4.41. The molecule has 0 saturated carbocycles. The van der Waals surface area contributed by atoms with Gasteiger partial charge in [-0.25, -0.2) is 9.97 Å². The van der Waals surface area contributed by atoms with Crippen LogP contribution in [0.15, 0.2) is 78.9 Å². The first-order chi connectivity index (χ1) is 20.7. The van der Waals surface area contributed by atoms with Crippen LogP contribution in [0.25, 0.3) is 21.8 Å². The van der Waals surface area contributed by atoms with E-state index in [-0.39, 0.29) is 23.2 Å². The van der Waals surface area contributed by atoms with Crippen LogP contribution >= 0.6 is 0 Å². The minimum Gasteiger partial charge on any atom is -0.493 e. The van der Waals surface area contributed by atoms with Crippen molar-refractivity contribution in [2.45, 2.75) is 27.7 Å². The van der Waals surface area contributed by atoms with E-state index in [1.165, 1.54) is 0 Å². The summed E-state index contributed by atoms with van der Waals surface area (Å²) < 4.78 is 12.4. The fraction of sp³-hybridized carbons (Fsp3) is 0.235. The number of rotatable bonds is 10. The normalized spacial score (nSPS) is 11.2. The van der Waals surface area contributed by atoms with E-state index < -0.39 is 11.8 Å². The molecule has 0 fully saturated rings. The summed E-state index contributed by atoms with van der Waals surface area (Å²) in [7, 11) is 0. The van der Waals surface area contributed by atoms with Gasteiger partial charge in [0.1, 0.15) is 33.9 Å². The fourth-order valence-electron chi connectivity index (χ4n) is 4.41. The summed E-state index contributed by atoms with van der Waals surface area (Å²) >= 11 is 0. The molecule has 43 heavy (non-hydrogen) atoms. The first-order valence-corrected chi connectivity index (χ1v) is 14.3. The molecule has 220 valence electrons. The van der Waals surface area contributed by atoms with Gasteiger partial charge in [0, 0.05) is 28.6 Å². The van der Waals surface area contributed by atoms with E-state index in [4.69, 9.17) is 25.2 Å². The number of hydrogen-bond donors (Lipinski definition) is 3. The highest BCUT2D eigenvalue weighted by Gasteiger charge is 2.21. The number of nitrogens with zero attached hydrogens (tertiary/aromatic N) is 2. The first kappa shape index (κ1) is 29.3. The highest BCUT2D eigenvalue weighted by atomic mass is 16.5. The average Bonchev–Trinajstić information content (AvgIpc) is 2.99. The summed E-state index contributed by atoms with van der Waals surface area (Å²) in [5.74, 6) is 0.617. The lowest BCUT2D eigenvalue weighted by Crippen LogP contribution is -2.16. The number of hydrogen-bond acceptors (Lipinski definition) is 7. The Bertz CT molecular complexity index is 1790. The monoisotopic (exact) mass is 577 g/mol. The molecule has 5 aromatic rings. The van der Waals surface area contributed by atoms with Crippen LogP contribution in [0.3, 0.4) is 0 Å². The number of aromatic nitrogens is 2. The van der Waals surface area contributed by atoms with E-state index in [1.54, 1.807) is 48.5 Å². The third kappa shape index (κ3) is 6.83. The number of fused-ring (bicyclic) bond motifs is 3. The molecule has 0 radical (unpaired) electrons. The Morgan fingerprint density at radius 2 is 1.19 bits per heavy atom. The van der Waals surface area contributed by atoms with Gasteiger partial charge in [0.25, 0.3) is 11.8 Å². The standard InChI is InChI=1S/C34H35N5O4/c1-20(2)18-42-29-16-27(33(40)36-22-10-6-5-7-11-22)37-31-23(29)14-15-24-30(43-19-21(3)4)17-28(38-32(24)31)34(41)39-26-13-9-8-12-25(26)35/h5-17,20-21H,18-19,35H2,1-4H3,(H,36,40)(H,39,41). The summed E-state index contributed by atoms with van der Waals surface area (Å²) in [6, 6.07) is 23.2. The van der Waals surface area contributed by atoms with Crippen molar-refractivity contribution in [3.8, 4) is 11.5 Å². The van der Waals surface area contributed by atoms with Gasteiger partial charge >= 0.3 is 0 Å². The minimum absolute atomic E-state index is 0.118. The number of nitrogens with two attached hydrogens (primary N) is 1. The molecular formula is C34H35N5O4. The molecule has 2 heterocycles. The van der Waals surface area contributed by atoms with Gasteiger partial charge in [0.05, 0.1) is 24.6 Å². The van der Waals surface area contributed by atoms with Crippen LogP contribution in [-0.4, -0.2) is 35.0 Å². The highest BCUT2D eigenvalue weighted by Crippen LogP contribution is 2.35. The molecule has 4 N–H and O–H groups in total. The van der Waals surface area contributed by atoms with Crippen LogP contribution in [0.1, 0.15) is 48.7 Å². The number of carbonyl (C=O) groups is 2. The minimum atomic E-state index is -0.458. The lowest BCUT2D eigenvalue weighted by atomic mass is 10.1. The van der Waals surface area contributed by atoms with Gasteiger partial charge in [0.15, 0.2) is 0 Å². The number of pyridine rings is 2. The van der Waals surface area contributed by atoms with Gasteiger partial charge in [-0.2, -0.15) is 0 Å². The molecule has 0 saturated heterocycles. The molecular weight excluding hydrogens is 542 g/mol. The van der Waals surface area contributed by atoms with Crippen LogP contribution < -0.4 is 25.8 Å². The Hall–Kier alpha value is -5.18. The Morgan fingerprint density at radius 1 is 0.698 bits per heavy atom. The Balaban J connectivity index is 1.68. The Labute approximate surface area is 250 Å². The molecule has 9 nitrogen and oxygen atoms in total. The van der Waals surface area contributed by atoms with Crippen LogP contribution in [-0.2, 0) is 0 Å². The van der Waals surface area contributed by atoms with E-state index >= 15 is 0 Å². The molecule has 3 aromatic carbocycles. The van der Waals surface area contributed by atoms with Gasteiger partial charge in [0.2, 0.25) is 0 Å². The van der Waals surface area contributed by atoms with Crippen molar-refractivity contribution >= 4 is 50.7 Å². The average molecular weight is 578 g/mol. The van der Waals surface area contributed by atoms with Crippen molar-refractivity contribution in [3.63, 3.8) is 0 Å². The molecule has 0 aliphatic carbocycles. The van der Waals surface area contributed by atoms with E-state index in [9.17, 15) is 9.59 Å². The van der Waals surface area contributed by atoms with Crippen molar-refractivity contribution in [2.24, 2.45) is 11.8 Å². The van der Waals surface area contributed by atoms with Crippen LogP contribution in [0.4, 0.5) is 17.1 Å². The molecule has 9 heteroatoms. The molecule has 2 amide bonds. The number of carbonyl (C=O) groups excluding carboxylic acids is 2. The number of ether oxygens (including phenoxy) is 2. The summed E-state index contributed by atoms with van der Waals surface area (Å²) in [4.78, 5) is 36.4. The third-order valence-corrected chi connectivity index (χ3v) is 6.53. The quantitative estimate of drug-likeness (QED) is 0.121. The molecule has 0 unspecified atom stereocenters. The summed E-state index contributed by atoms with van der Waals surface area (Å²) in [5.41, 5.74) is 8.71. The van der Waals surface area contributed by atoms with Gasteiger partial charge in [-0.1, -0.05) is 58.0 Å². The predicted octanol–water partition coefficient (Wildman–Crippen LogP) is 6.94. The third-order valence-electron chi connectivity index (χ3n) is 6.53. The molecule has 0 atom stereocenters. The number of nitrogen functional groups attached to an aromatic ring is 1. The molecule has 5 rings (SSSR count). The maximum Gasteiger partial charge on any atom is 0.274 e. The van der Waals surface area contributed by atoms with Crippen LogP contribution in [0.5, 0.6) is 11.5 Å². The smallest absolute Gasteiger partial charge is 0.274 e. The SMILES string of the molecule is CC(C)COc1cc(C(=O)Nc2ccccc2)nc2c1ccc1c(OCC(C)C)cc(C(=O)Nc3ccccc3N)nc12. The number of para-hydroxylation sites is 3. The molecule has 0 aliphatic rings. The maximum atomic E-state index is 13.5. The van der Waals surface area contributed by atoms with Gasteiger partial charge in [-0.05, 0) is 48.2 Å². The largest absolute Gasteiger partial charge is 0.493 e. The van der Waals surface area contributed by atoms with Crippen LogP contribution in [0.2, 0.25) is 0 Å². The second-order valence-corrected chi connectivity index (χ2v) is 11.1. The predicted molar refractivity (Wildman–Crippen MR) is 171 cm³/mol. The molecule has 0 bridgehead atoms. The zero-order chi connectivity index (χ0) is 30.5. The highest BCUT2D eigenvalue weighted by molar-refractivity contribution is 6.13. The summed E-state index contributed by atoms with van der Waals surface area (Å²) in [6.45, 7) is 9.05. The zero-order valence-corrected chi connectivity index (χ0v) is 24.7. The topological polar surface area (TPSA) is 128 Å². The van der Waals surface area contributed by atoms with E-state index in [1.807, 2.05) is 58.0 Å². The van der Waals surface area contributed by atoms with Crippen molar-refractivity contribution < 1.29 is 19.1 Å². The van der Waals surface area contributed by atoms with E-state index in [0.717, 1.165) is 0 Å². The Morgan fingerprint density at radius 3 is 1.70 bits per heavy atom. The van der Waals surface area contributed by atoms with Crippen LogP contribution in [0, 0.1) is 11.8 Å². The number of anilines is 3. The first-order valence-electron chi connectivity index (χ1n) is 14.3. The Kier molecular flexibility index (Phi) is 8.71. The maximum absolute atomic E-state index is 13.5. The van der Waals surface area contributed by atoms with Crippen molar-refractivity contribution in [1.29, 1.82) is 0 Å². The van der Waals surface area contributed by atoms with E-state index in [2.05, 4.69) is 10.6 Å². The summed E-state index contributed by atoms with van der Waals surface area (Å²) in [6.07, 6.45) is 0. The number of amides is 2. The lowest BCUT2D eigenvalue weighted by Gasteiger charge is -2.17.